The lowest BCUT2D eigenvalue weighted by atomic mass is 10.3. The van der Waals surface area contributed by atoms with Crippen molar-refractivity contribution in [3.05, 3.63) is 41.1 Å². The molecule has 8 heteroatoms. The summed E-state index contributed by atoms with van der Waals surface area (Å²) in [6.07, 6.45) is -0.998. The molecule has 0 saturated heterocycles. The molecule has 1 amide bonds. The summed E-state index contributed by atoms with van der Waals surface area (Å²) in [4.78, 5) is 23.5. The third-order valence-corrected chi connectivity index (χ3v) is 2.94. The van der Waals surface area contributed by atoms with Gasteiger partial charge in [-0.2, -0.15) is 0 Å². The number of hydrogen-bond acceptors (Lipinski definition) is 6. The van der Waals surface area contributed by atoms with Crippen LogP contribution in [0.15, 0.2) is 34.9 Å². The lowest BCUT2D eigenvalue weighted by Gasteiger charge is -2.12. The molecule has 0 bridgehead atoms. The Bertz CT molecular complexity index is 701. The number of nitrogens with one attached hydrogen (secondary N) is 1. The topological polar surface area (TPSA) is 90.7 Å². The highest BCUT2D eigenvalue weighted by Crippen LogP contribution is 2.17. The molecular weight excluding hydrogens is 324 g/mol. The van der Waals surface area contributed by atoms with Gasteiger partial charge in [0.15, 0.2) is 18.5 Å². The van der Waals surface area contributed by atoms with Crippen molar-refractivity contribution in [2.45, 2.75) is 20.0 Å². The van der Waals surface area contributed by atoms with Crippen LogP contribution in [-0.2, 0) is 14.3 Å². The number of esters is 1. The first kappa shape index (κ1) is 16.8. The van der Waals surface area contributed by atoms with Crippen LogP contribution < -0.4 is 10.1 Å². The molecule has 1 aromatic heterocycles. The van der Waals surface area contributed by atoms with Crippen LogP contribution in [-0.4, -0.2) is 29.7 Å². The molecule has 0 saturated carbocycles. The van der Waals surface area contributed by atoms with Gasteiger partial charge >= 0.3 is 5.97 Å². The van der Waals surface area contributed by atoms with Crippen molar-refractivity contribution in [2.75, 3.05) is 11.9 Å². The Morgan fingerprint density at radius 3 is 2.83 bits per heavy atom. The van der Waals surface area contributed by atoms with E-state index in [9.17, 15) is 9.59 Å². The van der Waals surface area contributed by atoms with Crippen molar-refractivity contribution in [1.82, 2.24) is 5.16 Å². The number of carbonyl (C=O) groups excluding carboxylic acids is 2. The maximum atomic E-state index is 11.8. The van der Waals surface area contributed by atoms with Gasteiger partial charge in [-0.3, -0.25) is 4.79 Å². The first-order valence-corrected chi connectivity index (χ1v) is 7.14. The molecular formula is C15H15ClN2O5. The molecule has 1 N–H and O–H groups in total. The highest BCUT2D eigenvalue weighted by atomic mass is 35.5. The smallest absolute Gasteiger partial charge is 0.344 e. The Kier molecular flexibility index (Phi) is 5.59. The first-order chi connectivity index (χ1) is 10.9. The second-order valence-corrected chi connectivity index (χ2v) is 5.13. The minimum atomic E-state index is -0.998. The van der Waals surface area contributed by atoms with Crippen LogP contribution in [0.25, 0.3) is 0 Å². The third kappa shape index (κ3) is 5.30. The molecule has 1 heterocycles. The van der Waals surface area contributed by atoms with Crippen LogP contribution in [0.5, 0.6) is 5.75 Å². The zero-order valence-corrected chi connectivity index (χ0v) is 13.3. The number of benzene rings is 1. The molecule has 0 aliphatic carbocycles. The van der Waals surface area contributed by atoms with Gasteiger partial charge in [-0.05, 0) is 32.0 Å². The fourth-order valence-corrected chi connectivity index (χ4v) is 1.82. The Hall–Kier alpha value is -2.54. The van der Waals surface area contributed by atoms with Gasteiger partial charge in [0.05, 0.1) is 0 Å². The van der Waals surface area contributed by atoms with Gasteiger partial charge in [-0.1, -0.05) is 22.8 Å². The lowest BCUT2D eigenvalue weighted by molar-refractivity contribution is -0.155. The van der Waals surface area contributed by atoms with Crippen LogP contribution in [0.2, 0.25) is 5.02 Å². The van der Waals surface area contributed by atoms with E-state index in [1.165, 1.54) is 6.92 Å². The third-order valence-electron chi connectivity index (χ3n) is 2.71. The Balaban J connectivity index is 1.78. The second-order valence-electron chi connectivity index (χ2n) is 4.69. The summed E-state index contributed by atoms with van der Waals surface area (Å²) in [5.74, 6) is 0.0495. The summed E-state index contributed by atoms with van der Waals surface area (Å²) >= 11 is 5.80. The molecule has 7 nitrogen and oxygen atoms in total. The monoisotopic (exact) mass is 338 g/mol. The number of nitrogens with zero attached hydrogens (tertiary/aromatic N) is 1. The van der Waals surface area contributed by atoms with Gasteiger partial charge in [0.2, 0.25) is 0 Å². The maximum absolute atomic E-state index is 11.8. The van der Waals surface area contributed by atoms with E-state index in [1.54, 1.807) is 37.3 Å². The molecule has 2 rings (SSSR count). The molecule has 0 fully saturated rings. The number of rotatable bonds is 6. The van der Waals surface area contributed by atoms with Crippen molar-refractivity contribution in [1.29, 1.82) is 0 Å². The molecule has 0 unspecified atom stereocenters. The fraction of sp³-hybridized carbons (Fsp3) is 0.267. The van der Waals surface area contributed by atoms with Crippen molar-refractivity contribution < 1.29 is 23.6 Å². The summed E-state index contributed by atoms with van der Waals surface area (Å²) in [6, 6.07) is 8.15. The quantitative estimate of drug-likeness (QED) is 0.814. The van der Waals surface area contributed by atoms with E-state index in [2.05, 4.69) is 10.5 Å². The van der Waals surface area contributed by atoms with Crippen molar-refractivity contribution in [2.24, 2.45) is 0 Å². The van der Waals surface area contributed by atoms with E-state index < -0.39 is 18.0 Å². The Labute approximate surface area is 137 Å². The highest BCUT2D eigenvalue weighted by Gasteiger charge is 2.19. The second kappa shape index (κ2) is 7.64. The van der Waals surface area contributed by atoms with Crippen LogP contribution in [0.4, 0.5) is 5.82 Å². The molecule has 0 aliphatic heterocycles. The largest absolute Gasteiger partial charge is 0.482 e. The minimum Gasteiger partial charge on any atom is -0.482 e. The highest BCUT2D eigenvalue weighted by molar-refractivity contribution is 6.30. The van der Waals surface area contributed by atoms with E-state index in [0.29, 0.717) is 16.5 Å². The van der Waals surface area contributed by atoms with Gasteiger partial charge in [-0.25, -0.2) is 4.79 Å². The minimum absolute atomic E-state index is 0.255. The fourth-order valence-electron chi connectivity index (χ4n) is 1.64. The van der Waals surface area contributed by atoms with Crippen LogP contribution in [0.1, 0.15) is 12.7 Å². The number of hydrogen-bond donors (Lipinski definition) is 1. The maximum Gasteiger partial charge on any atom is 0.344 e. The van der Waals surface area contributed by atoms with Gasteiger partial charge in [0.25, 0.3) is 5.91 Å². The van der Waals surface area contributed by atoms with E-state index in [0.717, 1.165) is 0 Å². The number of ether oxygens (including phenoxy) is 2. The summed E-state index contributed by atoms with van der Waals surface area (Å²) in [5, 5.41) is 6.58. The summed E-state index contributed by atoms with van der Waals surface area (Å²) in [5.41, 5.74) is 0. The van der Waals surface area contributed by atoms with E-state index >= 15 is 0 Å². The van der Waals surface area contributed by atoms with E-state index in [1.807, 2.05) is 0 Å². The predicted octanol–water partition coefficient (Wildman–Crippen LogP) is 2.59. The van der Waals surface area contributed by atoms with Crippen molar-refractivity contribution in [3.63, 3.8) is 0 Å². The van der Waals surface area contributed by atoms with Crippen LogP contribution >= 0.6 is 11.6 Å². The Morgan fingerprint density at radius 2 is 2.17 bits per heavy atom. The average Bonchev–Trinajstić information content (AvgIpc) is 2.90. The predicted molar refractivity (Wildman–Crippen MR) is 82.4 cm³/mol. The molecule has 2 aromatic rings. The van der Waals surface area contributed by atoms with Crippen molar-refractivity contribution in [3.8, 4) is 5.75 Å². The molecule has 23 heavy (non-hydrogen) atoms. The van der Waals surface area contributed by atoms with Gasteiger partial charge in [0.1, 0.15) is 11.5 Å². The standard InChI is InChI=1S/C15H15ClN2O5/c1-9-6-13(18-23-9)17-15(20)10(2)22-14(19)8-21-12-5-3-4-11(16)7-12/h3-7,10H,8H2,1-2H3,(H,17,18,20)/t10-/m1/s1. The molecule has 1 atom stereocenters. The zero-order valence-electron chi connectivity index (χ0n) is 12.5. The number of carbonyl (C=O) groups is 2. The molecule has 0 aliphatic rings. The van der Waals surface area contributed by atoms with Gasteiger partial charge in [0, 0.05) is 11.1 Å². The van der Waals surface area contributed by atoms with E-state index in [4.69, 9.17) is 25.6 Å². The van der Waals surface area contributed by atoms with Crippen LogP contribution in [0, 0.1) is 6.92 Å². The number of halogens is 1. The summed E-state index contributed by atoms with van der Waals surface area (Å²) in [6.45, 7) is 2.81. The molecule has 0 spiro atoms. The number of aromatic nitrogens is 1. The number of anilines is 1. The van der Waals surface area contributed by atoms with Gasteiger partial charge in [-0.15, -0.1) is 0 Å². The first-order valence-electron chi connectivity index (χ1n) is 6.76. The molecule has 1 aromatic carbocycles. The SMILES string of the molecule is Cc1cc(NC(=O)[C@@H](C)OC(=O)COc2cccc(Cl)c2)no1. The summed E-state index contributed by atoms with van der Waals surface area (Å²) in [7, 11) is 0. The average molecular weight is 339 g/mol. The van der Waals surface area contributed by atoms with Crippen molar-refractivity contribution >= 4 is 29.3 Å². The molecule has 0 radical (unpaired) electrons. The normalized spacial score (nSPS) is 11.6. The van der Waals surface area contributed by atoms with Crippen LogP contribution in [0.3, 0.4) is 0 Å². The zero-order chi connectivity index (χ0) is 16.8. The Morgan fingerprint density at radius 1 is 1.39 bits per heavy atom. The van der Waals surface area contributed by atoms with E-state index in [-0.39, 0.29) is 12.4 Å². The molecule has 122 valence electrons. The number of aryl methyl sites for hydroxylation is 1. The lowest BCUT2D eigenvalue weighted by Crippen LogP contribution is -2.31. The summed E-state index contributed by atoms with van der Waals surface area (Å²) < 4.78 is 15.0. The number of amides is 1. The van der Waals surface area contributed by atoms with Gasteiger partial charge < -0.3 is 19.3 Å².